The molecule has 2 amide bonds. The molecule has 0 bridgehead atoms. The van der Waals surface area contributed by atoms with Crippen molar-refractivity contribution in [3.05, 3.63) is 59.1 Å². The highest BCUT2D eigenvalue weighted by Crippen LogP contribution is 2.31. The van der Waals surface area contributed by atoms with Crippen molar-refractivity contribution in [1.29, 1.82) is 0 Å². The summed E-state index contributed by atoms with van der Waals surface area (Å²) in [6.07, 6.45) is 0.860. The van der Waals surface area contributed by atoms with E-state index in [9.17, 15) is 9.59 Å². The minimum Gasteiger partial charge on any atom is -0.324 e. The van der Waals surface area contributed by atoms with Gasteiger partial charge >= 0.3 is 0 Å². The van der Waals surface area contributed by atoms with Crippen LogP contribution >= 0.6 is 11.6 Å². The fraction of sp³-hybridized carbons (Fsp3) is 0.300. The summed E-state index contributed by atoms with van der Waals surface area (Å²) < 4.78 is 0. The minimum atomic E-state index is -0.205. The van der Waals surface area contributed by atoms with Gasteiger partial charge in [0.25, 0.3) is 0 Å². The van der Waals surface area contributed by atoms with Crippen LogP contribution in [0.25, 0.3) is 0 Å². The van der Waals surface area contributed by atoms with Crippen molar-refractivity contribution in [3.8, 4) is 0 Å². The van der Waals surface area contributed by atoms with Crippen LogP contribution in [-0.4, -0.2) is 42.9 Å². The lowest BCUT2D eigenvalue weighted by atomic mass is 10.1. The van der Waals surface area contributed by atoms with Crippen LogP contribution < -0.4 is 10.2 Å². The summed E-state index contributed by atoms with van der Waals surface area (Å²) >= 11 is 6.05. The molecule has 1 aliphatic rings. The Morgan fingerprint density at radius 1 is 1.15 bits per heavy atom. The third kappa shape index (κ3) is 4.06. The van der Waals surface area contributed by atoms with E-state index in [2.05, 4.69) is 11.4 Å². The number of benzene rings is 2. The Hall–Kier alpha value is -2.37. The molecule has 0 radical (unpaired) electrons. The molecule has 0 unspecified atom stereocenters. The first-order chi connectivity index (χ1) is 12.5. The standard InChI is InChI=1S/C20H22ClN3O2/c1-14-11-15-7-3-6-10-18(15)24(14)20(26)13-23(2)12-19(25)22-17-9-5-4-8-16(17)21/h3-10,14H,11-13H2,1-2H3,(H,22,25)/t14-/m0/s1. The zero-order chi connectivity index (χ0) is 18.7. The van der Waals surface area contributed by atoms with E-state index < -0.39 is 0 Å². The molecule has 0 spiro atoms. The second kappa shape index (κ2) is 7.89. The van der Waals surface area contributed by atoms with Gasteiger partial charge in [0.15, 0.2) is 0 Å². The zero-order valence-corrected chi connectivity index (χ0v) is 15.7. The first-order valence-electron chi connectivity index (χ1n) is 8.58. The summed E-state index contributed by atoms with van der Waals surface area (Å²) in [7, 11) is 1.76. The van der Waals surface area contributed by atoms with E-state index in [4.69, 9.17) is 11.6 Å². The molecule has 136 valence electrons. The number of fused-ring (bicyclic) bond motifs is 1. The van der Waals surface area contributed by atoms with E-state index in [0.29, 0.717) is 10.7 Å². The number of hydrogen-bond acceptors (Lipinski definition) is 3. The lowest BCUT2D eigenvalue weighted by Crippen LogP contribution is -2.43. The van der Waals surface area contributed by atoms with Gasteiger partial charge in [-0.25, -0.2) is 0 Å². The number of para-hydroxylation sites is 2. The van der Waals surface area contributed by atoms with Gasteiger partial charge in [0.05, 0.1) is 23.8 Å². The van der Waals surface area contributed by atoms with Crippen LogP contribution in [0.15, 0.2) is 48.5 Å². The summed E-state index contributed by atoms with van der Waals surface area (Å²) in [5.74, 6) is -0.209. The number of carbonyl (C=O) groups is 2. The Balaban J connectivity index is 1.58. The van der Waals surface area contributed by atoms with Crippen molar-refractivity contribution in [1.82, 2.24) is 4.90 Å². The average Bonchev–Trinajstić information content (AvgIpc) is 2.92. The fourth-order valence-corrected chi connectivity index (χ4v) is 3.49. The molecule has 0 fully saturated rings. The molecule has 6 heteroatoms. The highest BCUT2D eigenvalue weighted by molar-refractivity contribution is 6.33. The molecular formula is C20H22ClN3O2. The van der Waals surface area contributed by atoms with Crippen LogP contribution in [0.5, 0.6) is 0 Å². The average molecular weight is 372 g/mol. The van der Waals surface area contributed by atoms with Crippen molar-refractivity contribution < 1.29 is 9.59 Å². The number of anilines is 2. The number of likely N-dealkylation sites (N-methyl/N-ethyl adjacent to an activating group) is 1. The number of carbonyl (C=O) groups excluding carboxylic acids is 2. The molecule has 2 aromatic carbocycles. The number of hydrogen-bond donors (Lipinski definition) is 1. The second-order valence-corrected chi connectivity index (χ2v) is 7.05. The van der Waals surface area contributed by atoms with Crippen LogP contribution in [0.4, 0.5) is 11.4 Å². The van der Waals surface area contributed by atoms with Crippen LogP contribution in [-0.2, 0) is 16.0 Å². The van der Waals surface area contributed by atoms with Crippen molar-refractivity contribution >= 4 is 34.8 Å². The topological polar surface area (TPSA) is 52.7 Å². The Kier molecular flexibility index (Phi) is 5.59. The maximum atomic E-state index is 12.8. The van der Waals surface area contributed by atoms with Gasteiger partial charge in [0.1, 0.15) is 0 Å². The molecule has 0 aromatic heterocycles. The van der Waals surface area contributed by atoms with Gasteiger partial charge in [-0.05, 0) is 44.2 Å². The predicted molar refractivity (Wildman–Crippen MR) is 105 cm³/mol. The van der Waals surface area contributed by atoms with Gasteiger partial charge in [-0.15, -0.1) is 0 Å². The lowest BCUT2D eigenvalue weighted by Gasteiger charge is -2.25. The maximum Gasteiger partial charge on any atom is 0.241 e. The van der Waals surface area contributed by atoms with Crippen molar-refractivity contribution in [2.45, 2.75) is 19.4 Å². The van der Waals surface area contributed by atoms with Gasteiger partial charge in [-0.1, -0.05) is 41.9 Å². The summed E-state index contributed by atoms with van der Waals surface area (Å²) in [4.78, 5) is 28.5. The minimum absolute atomic E-state index is 0.00417. The molecule has 26 heavy (non-hydrogen) atoms. The first-order valence-corrected chi connectivity index (χ1v) is 8.96. The molecule has 0 aliphatic carbocycles. The number of amides is 2. The van der Waals surface area contributed by atoms with E-state index in [1.165, 1.54) is 5.56 Å². The molecular weight excluding hydrogens is 350 g/mol. The SMILES string of the molecule is C[C@H]1Cc2ccccc2N1C(=O)CN(C)CC(=O)Nc1ccccc1Cl. The molecule has 1 heterocycles. The quantitative estimate of drug-likeness (QED) is 0.878. The van der Waals surface area contributed by atoms with Crippen molar-refractivity contribution in [2.75, 3.05) is 30.4 Å². The molecule has 2 aromatic rings. The largest absolute Gasteiger partial charge is 0.324 e. The number of rotatable bonds is 5. The van der Waals surface area contributed by atoms with Gasteiger partial charge in [-0.2, -0.15) is 0 Å². The molecule has 3 rings (SSSR count). The smallest absolute Gasteiger partial charge is 0.241 e. The highest BCUT2D eigenvalue weighted by Gasteiger charge is 2.30. The normalized spacial score (nSPS) is 15.8. The fourth-order valence-electron chi connectivity index (χ4n) is 3.31. The van der Waals surface area contributed by atoms with E-state index in [1.807, 2.05) is 30.0 Å². The van der Waals surface area contributed by atoms with Crippen LogP contribution in [0.1, 0.15) is 12.5 Å². The molecule has 1 atom stereocenters. The second-order valence-electron chi connectivity index (χ2n) is 6.65. The van der Waals surface area contributed by atoms with Crippen molar-refractivity contribution in [3.63, 3.8) is 0 Å². The number of halogens is 1. The third-order valence-corrected chi connectivity index (χ3v) is 4.77. The lowest BCUT2D eigenvalue weighted by molar-refractivity contribution is -0.121. The van der Waals surface area contributed by atoms with E-state index in [1.54, 1.807) is 36.2 Å². The molecule has 5 nitrogen and oxygen atoms in total. The molecule has 1 N–H and O–H groups in total. The Bertz CT molecular complexity index is 824. The monoisotopic (exact) mass is 371 g/mol. The Morgan fingerprint density at radius 2 is 1.85 bits per heavy atom. The van der Waals surface area contributed by atoms with E-state index >= 15 is 0 Å². The van der Waals surface area contributed by atoms with Gasteiger partial charge in [0.2, 0.25) is 11.8 Å². The van der Waals surface area contributed by atoms with Gasteiger partial charge in [-0.3, -0.25) is 14.5 Å². The Labute approximate surface area is 158 Å². The predicted octanol–water partition coefficient (Wildman–Crippen LogP) is 3.19. The van der Waals surface area contributed by atoms with Crippen LogP contribution in [0.2, 0.25) is 5.02 Å². The molecule has 0 saturated heterocycles. The zero-order valence-electron chi connectivity index (χ0n) is 14.9. The molecule has 1 aliphatic heterocycles. The van der Waals surface area contributed by atoms with E-state index in [-0.39, 0.29) is 30.9 Å². The maximum absolute atomic E-state index is 12.8. The van der Waals surface area contributed by atoms with Gasteiger partial charge in [0, 0.05) is 11.7 Å². The van der Waals surface area contributed by atoms with Crippen molar-refractivity contribution in [2.24, 2.45) is 0 Å². The third-order valence-electron chi connectivity index (χ3n) is 4.44. The number of nitrogens with one attached hydrogen (secondary N) is 1. The van der Waals surface area contributed by atoms with Gasteiger partial charge < -0.3 is 10.2 Å². The van der Waals surface area contributed by atoms with Crippen LogP contribution in [0.3, 0.4) is 0 Å². The Morgan fingerprint density at radius 3 is 2.62 bits per heavy atom. The summed E-state index contributed by atoms with van der Waals surface area (Å²) in [6.45, 7) is 2.33. The summed E-state index contributed by atoms with van der Waals surface area (Å²) in [5.41, 5.74) is 2.73. The van der Waals surface area contributed by atoms with Crippen LogP contribution in [0, 0.1) is 0 Å². The first kappa shape index (κ1) is 18.4. The highest BCUT2D eigenvalue weighted by atomic mass is 35.5. The summed E-state index contributed by atoms with van der Waals surface area (Å²) in [6, 6.07) is 15.2. The summed E-state index contributed by atoms with van der Waals surface area (Å²) in [5, 5.41) is 3.26. The number of nitrogens with zero attached hydrogens (tertiary/aromatic N) is 2. The molecule has 0 saturated carbocycles. The van der Waals surface area contributed by atoms with E-state index in [0.717, 1.165) is 12.1 Å².